The van der Waals surface area contributed by atoms with Crippen molar-refractivity contribution in [2.75, 3.05) is 7.05 Å². The Morgan fingerprint density at radius 3 is 2.63 bits per heavy atom. The summed E-state index contributed by atoms with van der Waals surface area (Å²) in [5.41, 5.74) is 2.81. The van der Waals surface area contributed by atoms with Crippen molar-refractivity contribution in [2.45, 2.75) is 44.7 Å². The van der Waals surface area contributed by atoms with Crippen LogP contribution in [-0.4, -0.2) is 53.6 Å². The van der Waals surface area contributed by atoms with E-state index in [1.54, 1.807) is 30.3 Å². The smallest absolute Gasteiger partial charge is 0.242 e. The van der Waals surface area contributed by atoms with Gasteiger partial charge in [0.05, 0.1) is 29.8 Å². The molecule has 0 aliphatic rings. The van der Waals surface area contributed by atoms with Crippen LogP contribution in [0.5, 0.6) is 0 Å². The lowest BCUT2D eigenvalue weighted by atomic mass is 10.1. The molecule has 11 nitrogen and oxygen atoms in total. The summed E-state index contributed by atoms with van der Waals surface area (Å²) < 4.78 is 3.28. The first-order valence-electron chi connectivity index (χ1n) is 11.6. The van der Waals surface area contributed by atoms with E-state index in [1.165, 1.54) is 10.9 Å². The standard InChI is InChI=1S/C24H29N9O2/c1-25-22(34)7-4-2-3-6-20(29-23(35)17-32-15-13-27-31-32)24-26-16-21(30-24)18-8-10-19(11-9-18)33-14-5-12-28-33/h5,8-16,20H,2-4,6-7,17H2,1H3,(H,25,34)(H,26,30)(H,29,35)/t20-/m0/s1. The van der Waals surface area contributed by atoms with Crippen LogP contribution >= 0.6 is 0 Å². The van der Waals surface area contributed by atoms with Crippen LogP contribution in [0.15, 0.2) is 61.3 Å². The number of benzene rings is 1. The SMILES string of the molecule is CNC(=O)CCCCC[C@H](NC(=O)Cn1ccnn1)c1ncc(-c2ccc(-n3cccn3)cc2)[nH]1. The van der Waals surface area contributed by atoms with E-state index in [2.05, 4.69) is 36.0 Å². The van der Waals surface area contributed by atoms with E-state index in [4.69, 9.17) is 0 Å². The maximum atomic E-state index is 12.6. The number of carbonyl (C=O) groups is 2. The van der Waals surface area contributed by atoms with Gasteiger partial charge in [0, 0.05) is 32.1 Å². The molecule has 0 aliphatic carbocycles. The number of nitrogens with one attached hydrogen (secondary N) is 3. The van der Waals surface area contributed by atoms with Crippen LogP contribution in [0.4, 0.5) is 0 Å². The maximum Gasteiger partial charge on any atom is 0.242 e. The molecule has 0 radical (unpaired) electrons. The third kappa shape index (κ3) is 6.62. The lowest BCUT2D eigenvalue weighted by molar-refractivity contribution is -0.123. The second-order valence-electron chi connectivity index (χ2n) is 8.17. The Hall–Kier alpha value is -4.28. The Kier molecular flexibility index (Phi) is 8.00. The van der Waals surface area contributed by atoms with Gasteiger partial charge in [0.25, 0.3) is 0 Å². The Morgan fingerprint density at radius 2 is 1.91 bits per heavy atom. The average molecular weight is 476 g/mol. The van der Waals surface area contributed by atoms with Gasteiger partial charge >= 0.3 is 0 Å². The van der Waals surface area contributed by atoms with E-state index in [1.807, 2.05) is 36.5 Å². The molecule has 0 unspecified atom stereocenters. The molecule has 11 heteroatoms. The van der Waals surface area contributed by atoms with Crippen molar-refractivity contribution in [1.29, 1.82) is 0 Å². The highest BCUT2D eigenvalue weighted by molar-refractivity contribution is 5.76. The zero-order chi connectivity index (χ0) is 24.5. The third-order valence-corrected chi connectivity index (χ3v) is 5.66. The highest BCUT2D eigenvalue weighted by atomic mass is 16.2. The average Bonchev–Trinajstić information content (AvgIpc) is 3.66. The molecule has 0 bridgehead atoms. The number of aromatic amines is 1. The van der Waals surface area contributed by atoms with Gasteiger partial charge in [0.2, 0.25) is 11.8 Å². The molecule has 4 aromatic rings. The number of nitrogens with zero attached hydrogens (tertiary/aromatic N) is 6. The Bertz CT molecular complexity index is 1200. The van der Waals surface area contributed by atoms with Crippen LogP contribution in [0.2, 0.25) is 0 Å². The number of rotatable bonds is 12. The second-order valence-corrected chi connectivity index (χ2v) is 8.17. The van der Waals surface area contributed by atoms with Crippen molar-refractivity contribution in [3.05, 3.63) is 67.1 Å². The Labute approximate surface area is 203 Å². The van der Waals surface area contributed by atoms with E-state index in [0.717, 1.165) is 36.2 Å². The fourth-order valence-corrected chi connectivity index (χ4v) is 3.79. The Balaban J connectivity index is 1.42. The van der Waals surface area contributed by atoms with E-state index in [-0.39, 0.29) is 24.4 Å². The molecule has 0 aliphatic heterocycles. The number of unbranched alkanes of at least 4 members (excludes halogenated alkanes) is 2. The number of aromatic nitrogens is 7. The van der Waals surface area contributed by atoms with Gasteiger partial charge in [0.1, 0.15) is 12.4 Å². The molecule has 4 rings (SSSR count). The molecule has 35 heavy (non-hydrogen) atoms. The Morgan fingerprint density at radius 1 is 1.06 bits per heavy atom. The van der Waals surface area contributed by atoms with Gasteiger partial charge < -0.3 is 15.6 Å². The molecule has 2 amide bonds. The van der Waals surface area contributed by atoms with Crippen LogP contribution in [0.3, 0.4) is 0 Å². The summed E-state index contributed by atoms with van der Waals surface area (Å²) >= 11 is 0. The van der Waals surface area contributed by atoms with Crippen molar-refractivity contribution < 1.29 is 9.59 Å². The summed E-state index contributed by atoms with van der Waals surface area (Å²) in [4.78, 5) is 32.0. The number of imidazole rings is 1. The van der Waals surface area contributed by atoms with E-state index in [0.29, 0.717) is 18.7 Å². The number of hydrogen-bond donors (Lipinski definition) is 3. The van der Waals surface area contributed by atoms with Gasteiger partial charge in [-0.2, -0.15) is 5.10 Å². The monoisotopic (exact) mass is 475 g/mol. The first kappa shape index (κ1) is 23.9. The van der Waals surface area contributed by atoms with Gasteiger partial charge in [-0.05, 0) is 36.6 Å². The number of H-pyrrole nitrogens is 1. The summed E-state index contributed by atoms with van der Waals surface area (Å²) in [5.74, 6) is 0.554. The molecule has 0 fully saturated rings. The number of amides is 2. The van der Waals surface area contributed by atoms with Gasteiger partial charge in [-0.3, -0.25) is 9.59 Å². The minimum absolute atomic E-state index is 0.0388. The van der Waals surface area contributed by atoms with E-state index in [9.17, 15) is 9.59 Å². The summed E-state index contributed by atoms with van der Waals surface area (Å²) in [6.07, 6.45) is 12.3. The normalized spacial score (nSPS) is 11.8. The molecule has 0 spiro atoms. The number of hydrogen-bond acceptors (Lipinski definition) is 6. The van der Waals surface area contributed by atoms with Crippen molar-refractivity contribution in [3.63, 3.8) is 0 Å². The predicted octanol–water partition coefficient (Wildman–Crippen LogP) is 2.41. The number of carbonyl (C=O) groups excluding carboxylic acids is 2. The largest absolute Gasteiger partial charge is 0.359 e. The topological polar surface area (TPSA) is 135 Å². The highest BCUT2D eigenvalue weighted by Crippen LogP contribution is 2.23. The predicted molar refractivity (Wildman–Crippen MR) is 129 cm³/mol. The summed E-state index contributed by atoms with van der Waals surface area (Å²) in [5, 5.41) is 17.5. The molecule has 1 aromatic carbocycles. The summed E-state index contributed by atoms with van der Waals surface area (Å²) in [7, 11) is 1.64. The quantitative estimate of drug-likeness (QED) is 0.269. The molecule has 0 saturated carbocycles. The van der Waals surface area contributed by atoms with Crippen molar-refractivity contribution in [1.82, 2.24) is 45.4 Å². The maximum absolute atomic E-state index is 12.6. The molecule has 182 valence electrons. The van der Waals surface area contributed by atoms with Gasteiger partial charge in [0.15, 0.2) is 0 Å². The van der Waals surface area contributed by atoms with Gasteiger partial charge in [-0.15, -0.1) is 5.10 Å². The molecule has 3 heterocycles. The van der Waals surface area contributed by atoms with Crippen molar-refractivity contribution >= 4 is 11.8 Å². The zero-order valence-corrected chi connectivity index (χ0v) is 19.6. The lowest BCUT2D eigenvalue weighted by Crippen LogP contribution is -2.32. The van der Waals surface area contributed by atoms with Crippen LogP contribution < -0.4 is 10.6 Å². The molecule has 0 saturated heterocycles. The van der Waals surface area contributed by atoms with Gasteiger partial charge in [-0.25, -0.2) is 14.3 Å². The fourth-order valence-electron chi connectivity index (χ4n) is 3.79. The first-order valence-corrected chi connectivity index (χ1v) is 11.6. The molecular formula is C24H29N9O2. The summed E-state index contributed by atoms with van der Waals surface area (Å²) in [6, 6.07) is 9.59. The van der Waals surface area contributed by atoms with Crippen LogP contribution in [0.1, 0.15) is 44.0 Å². The molecular weight excluding hydrogens is 446 g/mol. The van der Waals surface area contributed by atoms with Gasteiger partial charge in [-0.1, -0.05) is 30.2 Å². The molecule has 3 aromatic heterocycles. The third-order valence-electron chi connectivity index (χ3n) is 5.66. The fraction of sp³-hybridized carbons (Fsp3) is 0.333. The second kappa shape index (κ2) is 11.7. The van der Waals surface area contributed by atoms with Crippen molar-refractivity contribution in [3.8, 4) is 16.9 Å². The van der Waals surface area contributed by atoms with Crippen LogP contribution in [-0.2, 0) is 16.1 Å². The minimum Gasteiger partial charge on any atom is -0.359 e. The van der Waals surface area contributed by atoms with E-state index < -0.39 is 0 Å². The molecule has 1 atom stereocenters. The highest BCUT2D eigenvalue weighted by Gasteiger charge is 2.19. The molecule has 3 N–H and O–H groups in total. The van der Waals surface area contributed by atoms with Crippen LogP contribution in [0, 0.1) is 0 Å². The minimum atomic E-state index is -0.289. The zero-order valence-electron chi connectivity index (χ0n) is 19.6. The van der Waals surface area contributed by atoms with Crippen LogP contribution in [0.25, 0.3) is 16.9 Å². The summed E-state index contributed by atoms with van der Waals surface area (Å²) in [6.45, 7) is 0.0790. The van der Waals surface area contributed by atoms with E-state index >= 15 is 0 Å². The van der Waals surface area contributed by atoms with Crippen molar-refractivity contribution in [2.24, 2.45) is 0 Å². The first-order chi connectivity index (χ1) is 17.1. The lowest BCUT2D eigenvalue weighted by Gasteiger charge is -2.17.